The van der Waals surface area contributed by atoms with E-state index < -0.39 is 6.36 Å². The molecule has 24 heavy (non-hydrogen) atoms. The van der Waals surface area contributed by atoms with Crippen LogP contribution in [-0.2, 0) is 0 Å². The van der Waals surface area contributed by atoms with E-state index in [9.17, 15) is 13.2 Å². The van der Waals surface area contributed by atoms with Crippen LogP contribution in [0, 0.1) is 0 Å². The summed E-state index contributed by atoms with van der Waals surface area (Å²) < 4.78 is 41.7. The van der Waals surface area contributed by atoms with E-state index in [1.807, 2.05) is 27.7 Å². The van der Waals surface area contributed by atoms with Crippen LogP contribution in [0.1, 0.15) is 45.6 Å². The number of nitrogens with zero attached hydrogens (tertiary/aromatic N) is 1. The number of hydrogen-bond acceptors (Lipinski definition) is 2. The van der Waals surface area contributed by atoms with Crippen LogP contribution < -0.4 is 15.4 Å². The molecule has 0 aliphatic heterocycles. The number of para-hydroxylation sites is 1. The van der Waals surface area contributed by atoms with Gasteiger partial charge in [0, 0.05) is 24.0 Å². The monoisotopic (exact) mass is 343 g/mol. The SMILES string of the molecule is CCN=C(NC1CC1c1ccccc1OC(F)(F)F)NC(C)(C)C. The second-order valence-electron chi connectivity index (χ2n) is 6.88. The number of guanidine groups is 1. The predicted octanol–water partition coefficient (Wildman–Crippen LogP) is 3.79. The van der Waals surface area contributed by atoms with E-state index in [1.165, 1.54) is 6.07 Å². The fraction of sp³-hybridized carbons (Fsp3) is 0.588. The van der Waals surface area contributed by atoms with Gasteiger partial charge in [-0.2, -0.15) is 0 Å². The lowest BCUT2D eigenvalue weighted by Crippen LogP contribution is -2.48. The van der Waals surface area contributed by atoms with Crippen molar-refractivity contribution in [1.29, 1.82) is 0 Å². The molecule has 2 rings (SSSR count). The molecule has 2 atom stereocenters. The predicted molar refractivity (Wildman–Crippen MR) is 88.3 cm³/mol. The molecule has 0 saturated heterocycles. The van der Waals surface area contributed by atoms with Gasteiger partial charge in [0.2, 0.25) is 0 Å². The maximum Gasteiger partial charge on any atom is 0.573 e. The van der Waals surface area contributed by atoms with Crippen LogP contribution in [0.15, 0.2) is 29.3 Å². The summed E-state index contributed by atoms with van der Waals surface area (Å²) >= 11 is 0. The van der Waals surface area contributed by atoms with Crippen molar-refractivity contribution < 1.29 is 17.9 Å². The fourth-order valence-corrected chi connectivity index (χ4v) is 2.51. The van der Waals surface area contributed by atoms with Crippen molar-refractivity contribution in [3.63, 3.8) is 0 Å². The summed E-state index contributed by atoms with van der Waals surface area (Å²) in [4.78, 5) is 4.38. The molecule has 1 aromatic carbocycles. The number of benzene rings is 1. The molecule has 1 aromatic rings. The van der Waals surface area contributed by atoms with Crippen molar-refractivity contribution in [3.05, 3.63) is 29.8 Å². The lowest BCUT2D eigenvalue weighted by molar-refractivity contribution is -0.274. The molecule has 1 aliphatic carbocycles. The van der Waals surface area contributed by atoms with Crippen molar-refractivity contribution in [3.8, 4) is 5.75 Å². The van der Waals surface area contributed by atoms with Gasteiger partial charge in [-0.05, 0) is 45.7 Å². The maximum absolute atomic E-state index is 12.5. The van der Waals surface area contributed by atoms with E-state index in [2.05, 4.69) is 20.4 Å². The zero-order valence-corrected chi connectivity index (χ0v) is 14.4. The Labute approximate surface area is 140 Å². The summed E-state index contributed by atoms with van der Waals surface area (Å²) in [6.07, 6.45) is -3.94. The Hall–Kier alpha value is -1.92. The molecule has 1 fully saturated rings. The van der Waals surface area contributed by atoms with Gasteiger partial charge < -0.3 is 15.4 Å². The van der Waals surface area contributed by atoms with E-state index in [4.69, 9.17) is 0 Å². The molecule has 2 unspecified atom stereocenters. The highest BCUT2D eigenvalue weighted by molar-refractivity contribution is 5.81. The van der Waals surface area contributed by atoms with Crippen LogP contribution in [0.3, 0.4) is 0 Å². The highest BCUT2D eigenvalue weighted by Gasteiger charge is 2.42. The number of alkyl halides is 3. The van der Waals surface area contributed by atoms with E-state index >= 15 is 0 Å². The summed E-state index contributed by atoms with van der Waals surface area (Å²) in [6, 6.07) is 6.35. The van der Waals surface area contributed by atoms with Gasteiger partial charge in [-0.1, -0.05) is 18.2 Å². The van der Waals surface area contributed by atoms with Gasteiger partial charge in [0.1, 0.15) is 5.75 Å². The summed E-state index contributed by atoms with van der Waals surface area (Å²) in [5.41, 5.74) is 0.418. The molecule has 1 saturated carbocycles. The van der Waals surface area contributed by atoms with Gasteiger partial charge >= 0.3 is 6.36 Å². The fourth-order valence-electron chi connectivity index (χ4n) is 2.51. The Morgan fingerprint density at radius 2 is 1.92 bits per heavy atom. The number of rotatable bonds is 4. The van der Waals surface area contributed by atoms with Crippen LogP contribution in [0.5, 0.6) is 5.75 Å². The molecule has 0 amide bonds. The number of nitrogens with one attached hydrogen (secondary N) is 2. The first kappa shape index (κ1) is 18.4. The minimum Gasteiger partial charge on any atom is -0.405 e. The van der Waals surface area contributed by atoms with E-state index in [0.29, 0.717) is 18.1 Å². The summed E-state index contributed by atoms with van der Waals surface area (Å²) in [5, 5.41) is 6.57. The smallest absolute Gasteiger partial charge is 0.405 e. The third-order valence-electron chi connectivity index (χ3n) is 3.47. The summed E-state index contributed by atoms with van der Waals surface area (Å²) in [6.45, 7) is 8.63. The molecule has 2 N–H and O–H groups in total. The summed E-state index contributed by atoms with van der Waals surface area (Å²) in [5.74, 6) is 0.524. The third-order valence-corrected chi connectivity index (χ3v) is 3.47. The Morgan fingerprint density at radius 3 is 2.50 bits per heavy atom. The van der Waals surface area contributed by atoms with Crippen molar-refractivity contribution in [1.82, 2.24) is 10.6 Å². The molecular formula is C17H24F3N3O. The summed E-state index contributed by atoms with van der Waals surface area (Å²) in [7, 11) is 0. The molecule has 0 heterocycles. The van der Waals surface area contributed by atoms with E-state index in [1.54, 1.807) is 18.2 Å². The number of aliphatic imine (C=N–C) groups is 1. The standard InChI is InChI=1S/C17H24F3N3O/c1-5-21-15(23-16(2,3)4)22-13-10-12(13)11-8-6-7-9-14(11)24-17(18,19)20/h6-9,12-13H,5,10H2,1-4H3,(H2,21,22,23). The first-order valence-electron chi connectivity index (χ1n) is 8.03. The Balaban J connectivity index is 2.06. The van der Waals surface area contributed by atoms with Crippen LogP contribution in [0.4, 0.5) is 13.2 Å². The molecule has 0 bridgehead atoms. The minimum absolute atomic E-state index is 0.0209. The molecular weight excluding hydrogens is 319 g/mol. The largest absolute Gasteiger partial charge is 0.573 e. The highest BCUT2D eigenvalue weighted by atomic mass is 19.4. The van der Waals surface area contributed by atoms with Gasteiger partial charge in [-0.3, -0.25) is 4.99 Å². The minimum atomic E-state index is -4.68. The molecule has 4 nitrogen and oxygen atoms in total. The van der Waals surface area contributed by atoms with Crippen LogP contribution in [0.2, 0.25) is 0 Å². The van der Waals surface area contributed by atoms with Gasteiger partial charge in [-0.15, -0.1) is 13.2 Å². The molecule has 1 aliphatic rings. The highest BCUT2D eigenvalue weighted by Crippen LogP contribution is 2.45. The van der Waals surface area contributed by atoms with Crippen molar-refractivity contribution in [2.75, 3.05) is 6.54 Å². The van der Waals surface area contributed by atoms with Crippen molar-refractivity contribution >= 4 is 5.96 Å². The normalized spacial score (nSPS) is 21.4. The number of ether oxygens (including phenoxy) is 1. The zero-order valence-electron chi connectivity index (χ0n) is 14.4. The lowest BCUT2D eigenvalue weighted by Gasteiger charge is -2.24. The Bertz CT molecular complexity index is 593. The van der Waals surface area contributed by atoms with Gasteiger partial charge in [0.05, 0.1) is 0 Å². The van der Waals surface area contributed by atoms with Gasteiger partial charge in [0.25, 0.3) is 0 Å². The van der Waals surface area contributed by atoms with Crippen LogP contribution in [0.25, 0.3) is 0 Å². The van der Waals surface area contributed by atoms with Gasteiger partial charge in [0.15, 0.2) is 5.96 Å². The maximum atomic E-state index is 12.5. The first-order chi connectivity index (χ1) is 11.1. The Morgan fingerprint density at radius 1 is 1.25 bits per heavy atom. The number of halogens is 3. The quantitative estimate of drug-likeness (QED) is 0.646. The second kappa shape index (κ2) is 6.91. The molecule has 134 valence electrons. The molecule has 0 spiro atoms. The lowest BCUT2D eigenvalue weighted by atomic mass is 10.1. The topological polar surface area (TPSA) is 45.7 Å². The Kier molecular flexibility index (Phi) is 5.30. The first-order valence-corrected chi connectivity index (χ1v) is 8.03. The van der Waals surface area contributed by atoms with E-state index in [-0.39, 0.29) is 23.2 Å². The van der Waals surface area contributed by atoms with Crippen molar-refractivity contribution in [2.24, 2.45) is 4.99 Å². The van der Waals surface area contributed by atoms with Gasteiger partial charge in [-0.25, -0.2) is 0 Å². The molecule has 0 aromatic heterocycles. The van der Waals surface area contributed by atoms with Crippen LogP contribution in [-0.4, -0.2) is 30.4 Å². The van der Waals surface area contributed by atoms with Crippen LogP contribution >= 0.6 is 0 Å². The average Bonchev–Trinajstić information content (AvgIpc) is 3.15. The third kappa shape index (κ3) is 5.62. The molecule has 7 heteroatoms. The second-order valence-corrected chi connectivity index (χ2v) is 6.88. The van der Waals surface area contributed by atoms with E-state index in [0.717, 1.165) is 6.42 Å². The van der Waals surface area contributed by atoms with Crippen molar-refractivity contribution in [2.45, 2.75) is 58.0 Å². The molecule has 0 radical (unpaired) electrons. The number of hydrogen-bond donors (Lipinski definition) is 2. The zero-order chi connectivity index (χ0) is 18.0. The average molecular weight is 343 g/mol.